The summed E-state index contributed by atoms with van der Waals surface area (Å²) in [5.41, 5.74) is 6.14. The molecular weight excluding hydrogens is 408 g/mol. The lowest BCUT2D eigenvalue weighted by Gasteiger charge is -2.26. The number of hydrogen-bond acceptors (Lipinski definition) is 4. The number of aryl methyl sites for hydroxylation is 2. The molecule has 33 heavy (non-hydrogen) atoms. The molecule has 0 radical (unpaired) electrons. The van der Waals surface area contributed by atoms with Gasteiger partial charge in [0.2, 0.25) is 0 Å². The van der Waals surface area contributed by atoms with Gasteiger partial charge in [0.15, 0.2) is 0 Å². The molecule has 0 saturated heterocycles. The molecule has 0 bridgehead atoms. The lowest BCUT2D eigenvalue weighted by atomic mass is 9.79. The maximum atomic E-state index is 5.93. The summed E-state index contributed by atoms with van der Waals surface area (Å²) in [6, 6.07) is 27.8. The highest BCUT2D eigenvalue weighted by Gasteiger charge is 2.24. The topological polar surface area (TPSA) is 24.9 Å². The summed E-state index contributed by atoms with van der Waals surface area (Å²) in [4.78, 5) is 11.9. The van der Waals surface area contributed by atoms with E-state index in [4.69, 9.17) is 9.68 Å². The first-order valence-electron chi connectivity index (χ1n) is 11.2. The van der Waals surface area contributed by atoms with E-state index in [1.807, 2.05) is 40.3 Å². The van der Waals surface area contributed by atoms with Gasteiger partial charge >= 0.3 is 0 Å². The number of fused-ring (bicyclic) bond motifs is 1. The van der Waals surface area contributed by atoms with E-state index in [9.17, 15) is 0 Å². The van der Waals surface area contributed by atoms with Gasteiger partial charge in [0.1, 0.15) is 11.5 Å². The molecule has 0 saturated carbocycles. The van der Waals surface area contributed by atoms with E-state index >= 15 is 0 Å². The fourth-order valence-electron chi connectivity index (χ4n) is 4.40. The van der Waals surface area contributed by atoms with Crippen LogP contribution in [0.5, 0.6) is 11.5 Å². The zero-order valence-corrected chi connectivity index (χ0v) is 20.3. The van der Waals surface area contributed by atoms with Gasteiger partial charge in [0, 0.05) is 34.1 Å². The van der Waals surface area contributed by atoms with Crippen molar-refractivity contribution in [3.8, 4) is 11.5 Å². The first-order chi connectivity index (χ1) is 15.8. The Morgan fingerprint density at radius 3 is 1.64 bits per heavy atom. The molecule has 0 spiro atoms. The highest BCUT2D eigenvalue weighted by molar-refractivity contribution is 5.87. The van der Waals surface area contributed by atoms with E-state index in [0.717, 1.165) is 11.5 Å². The largest absolute Gasteiger partial charge is 0.407 e. The molecule has 170 valence electrons. The fourth-order valence-corrected chi connectivity index (χ4v) is 4.40. The minimum absolute atomic E-state index is 0.0209. The third kappa shape index (κ3) is 5.03. The van der Waals surface area contributed by atoms with Crippen molar-refractivity contribution in [2.45, 2.75) is 19.8 Å². The van der Waals surface area contributed by atoms with Crippen LogP contribution >= 0.6 is 0 Å². The molecule has 0 aliphatic carbocycles. The molecule has 0 unspecified atom stereocenters. The van der Waals surface area contributed by atoms with Crippen LogP contribution in [0.1, 0.15) is 33.7 Å². The van der Waals surface area contributed by atoms with Gasteiger partial charge in [-0.3, -0.25) is 0 Å². The SMILES string of the molecule is Cc1ccc(ON(C)C)cc1C(c1cc(ON(C)C)ccc1C)c1cccc2ccccc12. The van der Waals surface area contributed by atoms with Gasteiger partial charge in [0.25, 0.3) is 0 Å². The van der Waals surface area contributed by atoms with Crippen LogP contribution < -0.4 is 9.68 Å². The average Bonchev–Trinajstić information content (AvgIpc) is 2.77. The van der Waals surface area contributed by atoms with Crippen molar-refractivity contribution in [2.75, 3.05) is 28.2 Å². The Morgan fingerprint density at radius 1 is 0.576 bits per heavy atom. The van der Waals surface area contributed by atoms with Crippen molar-refractivity contribution in [1.82, 2.24) is 10.1 Å². The number of hydrogen-bond donors (Lipinski definition) is 0. The van der Waals surface area contributed by atoms with Crippen LogP contribution in [0.15, 0.2) is 78.9 Å². The maximum absolute atomic E-state index is 5.93. The minimum Gasteiger partial charge on any atom is -0.407 e. The summed E-state index contributed by atoms with van der Waals surface area (Å²) in [7, 11) is 7.59. The predicted octanol–water partition coefficient (Wildman–Crippen LogP) is 6.35. The number of nitrogens with zero attached hydrogens (tertiary/aromatic N) is 2. The van der Waals surface area contributed by atoms with Gasteiger partial charge < -0.3 is 9.68 Å². The van der Waals surface area contributed by atoms with Crippen LogP contribution in [-0.2, 0) is 0 Å². The zero-order valence-electron chi connectivity index (χ0n) is 20.3. The molecule has 0 heterocycles. The Bertz CT molecular complexity index is 1200. The summed E-state index contributed by atoms with van der Waals surface area (Å²) in [5, 5.41) is 5.93. The van der Waals surface area contributed by atoms with Crippen molar-refractivity contribution in [1.29, 1.82) is 0 Å². The number of hydroxylamine groups is 4. The molecule has 0 fully saturated rings. The van der Waals surface area contributed by atoms with E-state index in [0.29, 0.717) is 0 Å². The number of rotatable bonds is 7. The zero-order chi connectivity index (χ0) is 23.5. The smallest absolute Gasteiger partial charge is 0.147 e. The maximum Gasteiger partial charge on any atom is 0.147 e. The summed E-state index contributed by atoms with van der Waals surface area (Å²) >= 11 is 0. The third-order valence-electron chi connectivity index (χ3n) is 5.83. The monoisotopic (exact) mass is 440 g/mol. The van der Waals surface area contributed by atoms with Crippen LogP contribution in [0.25, 0.3) is 10.8 Å². The molecule has 4 nitrogen and oxygen atoms in total. The minimum atomic E-state index is 0.0209. The normalized spacial score (nSPS) is 11.5. The highest BCUT2D eigenvalue weighted by atomic mass is 16.7. The van der Waals surface area contributed by atoms with E-state index in [1.165, 1.54) is 38.6 Å². The second-order valence-electron chi connectivity index (χ2n) is 8.85. The highest BCUT2D eigenvalue weighted by Crippen LogP contribution is 2.41. The lowest BCUT2D eigenvalue weighted by Crippen LogP contribution is -2.17. The lowest BCUT2D eigenvalue weighted by molar-refractivity contribution is -0.00339. The summed E-state index contributed by atoms with van der Waals surface area (Å²) in [6.45, 7) is 4.34. The van der Waals surface area contributed by atoms with Crippen molar-refractivity contribution in [2.24, 2.45) is 0 Å². The van der Waals surface area contributed by atoms with Gasteiger partial charge in [-0.25, -0.2) is 0 Å². The van der Waals surface area contributed by atoms with Gasteiger partial charge in [-0.05, 0) is 76.7 Å². The predicted molar refractivity (Wildman–Crippen MR) is 136 cm³/mol. The molecule has 4 aromatic carbocycles. The van der Waals surface area contributed by atoms with Gasteiger partial charge in [-0.15, -0.1) is 0 Å². The average molecular weight is 441 g/mol. The van der Waals surface area contributed by atoms with Gasteiger partial charge in [-0.1, -0.05) is 54.6 Å². The van der Waals surface area contributed by atoms with Crippen molar-refractivity contribution >= 4 is 10.8 Å². The van der Waals surface area contributed by atoms with Crippen LogP contribution in [0.4, 0.5) is 0 Å². The van der Waals surface area contributed by atoms with E-state index in [2.05, 4.69) is 80.6 Å². The molecule has 0 N–H and O–H groups in total. The van der Waals surface area contributed by atoms with Crippen molar-refractivity contribution in [3.63, 3.8) is 0 Å². The third-order valence-corrected chi connectivity index (χ3v) is 5.83. The quantitative estimate of drug-likeness (QED) is 0.247. The molecule has 4 heteroatoms. The molecule has 0 aliphatic heterocycles. The Balaban J connectivity index is 1.99. The Hall–Kier alpha value is -3.34. The molecule has 0 atom stereocenters. The second-order valence-corrected chi connectivity index (χ2v) is 8.85. The van der Waals surface area contributed by atoms with Crippen LogP contribution in [-0.4, -0.2) is 38.3 Å². The van der Waals surface area contributed by atoms with Crippen LogP contribution in [0.3, 0.4) is 0 Å². The Morgan fingerprint density at radius 2 is 1.09 bits per heavy atom. The van der Waals surface area contributed by atoms with Gasteiger partial charge in [0.05, 0.1) is 0 Å². The molecule has 0 aromatic heterocycles. The van der Waals surface area contributed by atoms with E-state index in [1.54, 1.807) is 10.1 Å². The van der Waals surface area contributed by atoms with Gasteiger partial charge in [-0.2, -0.15) is 10.1 Å². The first kappa shape index (κ1) is 22.8. The molecular formula is C29H32N2O2. The fraction of sp³-hybridized carbons (Fsp3) is 0.241. The van der Waals surface area contributed by atoms with Crippen molar-refractivity contribution < 1.29 is 9.68 Å². The Kier molecular flexibility index (Phi) is 6.68. The summed E-state index contributed by atoms with van der Waals surface area (Å²) < 4.78 is 0. The van der Waals surface area contributed by atoms with Crippen LogP contribution in [0, 0.1) is 13.8 Å². The molecule has 0 amide bonds. The first-order valence-corrected chi connectivity index (χ1v) is 11.2. The van der Waals surface area contributed by atoms with E-state index < -0.39 is 0 Å². The second kappa shape index (κ2) is 9.65. The van der Waals surface area contributed by atoms with Crippen LogP contribution in [0.2, 0.25) is 0 Å². The summed E-state index contributed by atoms with van der Waals surface area (Å²) in [5.74, 6) is 1.67. The molecule has 0 aliphatic rings. The molecule has 4 rings (SSSR count). The summed E-state index contributed by atoms with van der Waals surface area (Å²) in [6.07, 6.45) is 0. The number of benzene rings is 4. The Labute approximate surface area is 196 Å². The standard InChI is InChI=1S/C29H32N2O2/c1-20-14-16-23(32-30(3)4)18-27(20)29(26-13-9-11-22-10-7-8-12-25(22)26)28-19-24(33-31(5)6)17-15-21(28)2/h7-19,29H,1-6H3. The van der Waals surface area contributed by atoms with E-state index in [-0.39, 0.29) is 5.92 Å². The molecule has 4 aromatic rings. The van der Waals surface area contributed by atoms with Crippen molar-refractivity contribution in [3.05, 3.63) is 107 Å².